The van der Waals surface area contributed by atoms with E-state index in [2.05, 4.69) is 9.97 Å². The number of piperazine rings is 1. The molecular formula is C18H21N5O3. The van der Waals surface area contributed by atoms with Gasteiger partial charge in [0.1, 0.15) is 0 Å². The molecule has 1 aromatic heterocycles. The number of aryl methyl sites for hydroxylation is 1. The number of carbonyl (C=O) groups excluding carboxylic acids is 2. The molecule has 0 radical (unpaired) electrons. The third-order valence-electron chi connectivity index (χ3n) is 4.34. The second-order valence-electron chi connectivity index (χ2n) is 6.03. The number of rotatable bonds is 4. The van der Waals surface area contributed by atoms with Crippen LogP contribution in [0, 0.1) is 6.92 Å². The monoisotopic (exact) mass is 355 g/mol. The molecule has 0 aliphatic carbocycles. The summed E-state index contributed by atoms with van der Waals surface area (Å²) >= 11 is 0. The van der Waals surface area contributed by atoms with Crippen LogP contribution in [0.3, 0.4) is 0 Å². The number of aromatic nitrogens is 2. The zero-order chi connectivity index (χ0) is 18.5. The van der Waals surface area contributed by atoms with E-state index in [0.717, 1.165) is 5.56 Å². The minimum absolute atomic E-state index is 0.224. The molecule has 136 valence electrons. The number of ether oxygens (including phenoxy) is 1. The number of amides is 1. The highest BCUT2D eigenvalue weighted by atomic mass is 16.5. The number of nitrogens with two attached hydrogens (primary N) is 1. The van der Waals surface area contributed by atoms with Gasteiger partial charge in [0.2, 0.25) is 5.95 Å². The van der Waals surface area contributed by atoms with Crippen molar-refractivity contribution < 1.29 is 14.3 Å². The lowest BCUT2D eigenvalue weighted by molar-refractivity contribution is -0.134. The van der Waals surface area contributed by atoms with E-state index in [1.807, 2.05) is 17.9 Å². The number of nitrogens with zero attached hydrogens (tertiary/aromatic N) is 4. The average molecular weight is 355 g/mol. The molecule has 1 aromatic carbocycles. The molecule has 1 aliphatic rings. The predicted octanol–water partition coefficient (Wildman–Crippen LogP) is 0.873. The minimum atomic E-state index is -0.587. The van der Waals surface area contributed by atoms with Crippen LogP contribution in [0.25, 0.3) is 0 Å². The molecule has 8 nitrogen and oxygen atoms in total. The number of esters is 1. The van der Waals surface area contributed by atoms with Crippen molar-refractivity contribution in [1.29, 1.82) is 0 Å². The fraction of sp³-hybridized carbons (Fsp3) is 0.333. The van der Waals surface area contributed by atoms with Gasteiger partial charge in [-0.3, -0.25) is 4.79 Å². The largest absolute Gasteiger partial charge is 0.452 e. The van der Waals surface area contributed by atoms with Crippen LogP contribution in [0.5, 0.6) is 0 Å². The second kappa shape index (κ2) is 7.81. The fourth-order valence-corrected chi connectivity index (χ4v) is 2.77. The molecule has 0 spiro atoms. The van der Waals surface area contributed by atoms with Gasteiger partial charge in [0.05, 0.1) is 5.56 Å². The molecule has 1 saturated heterocycles. The van der Waals surface area contributed by atoms with Gasteiger partial charge in [-0.1, -0.05) is 12.1 Å². The molecule has 8 heteroatoms. The number of carbonyl (C=O) groups is 2. The van der Waals surface area contributed by atoms with E-state index >= 15 is 0 Å². The Balaban J connectivity index is 1.50. The Morgan fingerprint density at radius 1 is 1.12 bits per heavy atom. The van der Waals surface area contributed by atoms with Crippen molar-refractivity contribution in [3.8, 4) is 0 Å². The lowest BCUT2D eigenvalue weighted by Crippen LogP contribution is -2.50. The van der Waals surface area contributed by atoms with Crippen LogP contribution in [-0.2, 0) is 9.53 Å². The standard InChI is InChI=1S/C18H21N5O3/c1-13-4-2-5-14(16(13)19)17(25)26-12-15(24)22-8-10-23(11-9-22)18-20-6-3-7-21-18/h2-7H,8-12,19H2,1H3. The van der Waals surface area contributed by atoms with Gasteiger partial charge < -0.3 is 20.3 Å². The first-order valence-electron chi connectivity index (χ1n) is 8.38. The van der Waals surface area contributed by atoms with Gasteiger partial charge >= 0.3 is 5.97 Å². The fourth-order valence-electron chi connectivity index (χ4n) is 2.77. The first-order valence-corrected chi connectivity index (χ1v) is 8.38. The van der Waals surface area contributed by atoms with Crippen molar-refractivity contribution >= 4 is 23.5 Å². The van der Waals surface area contributed by atoms with E-state index in [4.69, 9.17) is 10.5 Å². The average Bonchev–Trinajstić information content (AvgIpc) is 2.69. The van der Waals surface area contributed by atoms with Crippen molar-refractivity contribution in [2.45, 2.75) is 6.92 Å². The van der Waals surface area contributed by atoms with Crippen LogP contribution < -0.4 is 10.6 Å². The maximum atomic E-state index is 12.3. The smallest absolute Gasteiger partial charge is 0.340 e. The Labute approximate surface area is 151 Å². The molecule has 1 amide bonds. The van der Waals surface area contributed by atoms with E-state index in [-0.39, 0.29) is 18.1 Å². The summed E-state index contributed by atoms with van der Waals surface area (Å²) in [5, 5.41) is 0. The molecule has 1 fully saturated rings. The van der Waals surface area contributed by atoms with Crippen molar-refractivity contribution in [3.63, 3.8) is 0 Å². The summed E-state index contributed by atoms with van der Waals surface area (Å²) in [6.07, 6.45) is 3.38. The molecule has 0 saturated carbocycles. The maximum Gasteiger partial charge on any atom is 0.340 e. The van der Waals surface area contributed by atoms with Crippen LogP contribution in [0.1, 0.15) is 15.9 Å². The highest BCUT2D eigenvalue weighted by Gasteiger charge is 2.23. The SMILES string of the molecule is Cc1cccc(C(=O)OCC(=O)N2CCN(c3ncccn3)CC2)c1N. The Kier molecular flexibility index (Phi) is 5.31. The summed E-state index contributed by atoms with van der Waals surface area (Å²) < 4.78 is 5.14. The quantitative estimate of drug-likeness (QED) is 0.641. The van der Waals surface area contributed by atoms with E-state index < -0.39 is 5.97 Å². The number of hydrogen-bond donors (Lipinski definition) is 1. The van der Waals surface area contributed by atoms with Crippen molar-refractivity contribution in [2.75, 3.05) is 43.4 Å². The summed E-state index contributed by atoms with van der Waals surface area (Å²) in [7, 11) is 0. The molecule has 2 aromatic rings. The van der Waals surface area contributed by atoms with Gasteiger partial charge in [-0.25, -0.2) is 14.8 Å². The molecule has 2 N–H and O–H groups in total. The molecular weight excluding hydrogens is 334 g/mol. The Hall–Kier alpha value is -3.16. The second-order valence-corrected chi connectivity index (χ2v) is 6.03. The van der Waals surface area contributed by atoms with Crippen LogP contribution in [-0.4, -0.2) is 59.5 Å². The van der Waals surface area contributed by atoms with E-state index in [9.17, 15) is 9.59 Å². The van der Waals surface area contributed by atoms with Gasteiger partial charge in [-0.15, -0.1) is 0 Å². The lowest BCUT2D eigenvalue weighted by Gasteiger charge is -2.34. The molecule has 1 aliphatic heterocycles. The molecule has 0 unspecified atom stereocenters. The van der Waals surface area contributed by atoms with Crippen LogP contribution >= 0.6 is 0 Å². The van der Waals surface area contributed by atoms with Gasteiger partial charge in [0.15, 0.2) is 6.61 Å². The van der Waals surface area contributed by atoms with E-state index in [0.29, 0.717) is 37.8 Å². The highest BCUT2D eigenvalue weighted by Crippen LogP contribution is 2.17. The van der Waals surface area contributed by atoms with Crippen LogP contribution in [0.2, 0.25) is 0 Å². The third kappa shape index (κ3) is 3.90. The number of benzene rings is 1. The van der Waals surface area contributed by atoms with Crippen LogP contribution in [0.4, 0.5) is 11.6 Å². The van der Waals surface area contributed by atoms with Gasteiger partial charge in [0.25, 0.3) is 5.91 Å². The summed E-state index contributed by atoms with van der Waals surface area (Å²) in [5.41, 5.74) is 7.34. The number of anilines is 2. The van der Waals surface area contributed by atoms with E-state index in [1.165, 1.54) is 0 Å². The van der Waals surface area contributed by atoms with Crippen molar-refractivity contribution in [2.24, 2.45) is 0 Å². The third-order valence-corrected chi connectivity index (χ3v) is 4.34. The lowest BCUT2D eigenvalue weighted by atomic mass is 10.1. The molecule has 0 atom stereocenters. The Morgan fingerprint density at radius 3 is 2.50 bits per heavy atom. The molecule has 0 bridgehead atoms. The summed E-state index contributed by atoms with van der Waals surface area (Å²) in [6, 6.07) is 6.90. The van der Waals surface area contributed by atoms with Gasteiger partial charge in [0, 0.05) is 44.3 Å². The maximum absolute atomic E-state index is 12.3. The Bertz CT molecular complexity index is 789. The zero-order valence-electron chi connectivity index (χ0n) is 14.6. The van der Waals surface area contributed by atoms with E-state index in [1.54, 1.807) is 35.5 Å². The molecule has 3 rings (SSSR count). The normalized spacial score (nSPS) is 14.2. The predicted molar refractivity (Wildman–Crippen MR) is 96.7 cm³/mol. The molecule has 26 heavy (non-hydrogen) atoms. The summed E-state index contributed by atoms with van der Waals surface area (Å²) in [5.74, 6) is -0.157. The highest BCUT2D eigenvalue weighted by molar-refractivity contribution is 5.96. The first-order chi connectivity index (χ1) is 12.6. The number of nitrogen functional groups attached to an aromatic ring is 1. The summed E-state index contributed by atoms with van der Waals surface area (Å²) in [4.78, 5) is 36.6. The molecule has 2 heterocycles. The van der Waals surface area contributed by atoms with Crippen molar-refractivity contribution in [1.82, 2.24) is 14.9 Å². The minimum Gasteiger partial charge on any atom is -0.452 e. The van der Waals surface area contributed by atoms with Crippen LogP contribution in [0.15, 0.2) is 36.7 Å². The van der Waals surface area contributed by atoms with Crippen molar-refractivity contribution in [3.05, 3.63) is 47.8 Å². The summed E-state index contributed by atoms with van der Waals surface area (Å²) in [6.45, 7) is 3.84. The topological polar surface area (TPSA) is 102 Å². The first kappa shape index (κ1) is 17.7. The number of hydrogen-bond acceptors (Lipinski definition) is 7. The van der Waals surface area contributed by atoms with Gasteiger partial charge in [-0.05, 0) is 24.6 Å². The zero-order valence-corrected chi connectivity index (χ0v) is 14.6. The van der Waals surface area contributed by atoms with Gasteiger partial charge in [-0.2, -0.15) is 0 Å². The number of para-hydroxylation sites is 1. The Morgan fingerprint density at radius 2 is 1.81 bits per heavy atom.